The van der Waals surface area contributed by atoms with Gasteiger partial charge in [0.25, 0.3) is 0 Å². The van der Waals surface area contributed by atoms with E-state index in [-0.39, 0.29) is 0 Å². The Balaban J connectivity index is 2.90. The van der Waals surface area contributed by atoms with Gasteiger partial charge in [0.15, 0.2) is 0 Å². The number of benzene rings is 1. The average Bonchev–Trinajstić information content (AvgIpc) is 2.45. The Morgan fingerprint density at radius 3 is 2.50 bits per heavy atom. The Kier molecular flexibility index (Phi) is 7.19. The molecule has 4 nitrogen and oxygen atoms in total. The third kappa shape index (κ3) is 4.58. The van der Waals surface area contributed by atoms with E-state index in [0.29, 0.717) is 18.0 Å². The first kappa shape index (κ1) is 17.1. The third-order valence-electron chi connectivity index (χ3n) is 3.30. The lowest BCUT2D eigenvalue weighted by Gasteiger charge is -2.19. The van der Waals surface area contributed by atoms with Crippen LogP contribution in [0.2, 0.25) is 0 Å². The number of hydrogen-bond donors (Lipinski definition) is 1. The molecular formula is C15H26N2O2S. The van der Waals surface area contributed by atoms with Crippen LogP contribution >= 0.6 is 0 Å². The van der Waals surface area contributed by atoms with Crippen LogP contribution in [-0.2, 0) is 16.6 Å². The summed E-state index contributed by atoms with van der Waals surface area (Å²) in [7, 11) is -1.73. The maximum absolute atomic E-state index is 12.6. The van der Waals surface area contributed by atoms with Crippen molar-refractivity contribution in [3.8, 4) is 0 Å². The summed E-state index contributed by atoms with van der Waals surface area (Å²) in [6, 6.07) is 7.22. The Morgan fingerprint density at radius 1 is 1.15 bits per heavy atom. The minimum Gasteiger partial charge on any atom is -0.313 e. The van der Waals surface area contributed by atoms with Crippen molar-refractivity contribution in [1.29, 1.82) is 0 Å². The highest BCUT2D eigenvalue weighted by Gasteiger charge is 2.22. The normalized spacial score (nSPS) is 12.0. The summed E-state index contributed by atoms with van der Waals surface area (Å²) < 4.78 is 26.7. The van der Waals surface area contributed by atoms with E-state index in [4.69, 9.17) is 0 Å². The minimum atomic E-state index is -3.39. The first-order chi connectivity index (χ1) is 9.54. The quantitative estimate of drug-likeness (QED) is 0.713. The fourth-order valence-corrected chi connectivity index (χ4v) is 3.46. The molecule has 0 aromatic heterocycles. The zero-order valence-electron chi connectivity index (χ0n) is 12.7. The van der Waals surface area contributed by atoms with Crippen molar-refractivity contribution in [2.24, 2.45) is 0 Å². The van der Waals surface area contributed by atoms with Crippen LogP contribution in [0, 0.1) is 0 Å². The summed E-state index contributed by atoms with van der Waals surface area (Å²) in [5.41, 5.74) is 0.830. The standard InChI is InChI=1S/C15H26N2O2S/c1-4-6-9-12-17(3)20(18,19)15-11-8-7-10-14(15)13-16-5-2/h7-8,10-11,16H,4-6,9,12-13H2,1-3H3. The minimum absolute atomic E-state index is 0.417. The van der Waals surface area contributed by atoms with E-state index in [1.54, 1.807) is 19.2 Å². The number of unbranched alkanes of at least 4 members (excludes halogenated alkanes) is 2. The van der Waals surface area contributed by atoms with Gasteiger partial charge in [-0.3, -0.25) is 0 Å². The molecule has 0 radical (unpaired) electrons. The lowest BCUT2D eigenvalue weighted by Crippen LogP contribution is -2.29. The maximum atomic E-state index is 12.6. The van der Waals surface area contributed by atoms with Gasteiger partial charge in [-0.2, -0.15) is 0 Å². The molecule has 0 atom stereocenters. The van der Waals surface area contributed by atoms with E-state index in [2.05, 4.69) is 12.2 Å². The fraction of sp³-hybridized carbons (Fsp3) is 0.600. The predicted octanol–water partition coefficient (Wildman–Crippen LogP) is 2.61. The van der Waals surface area contributed by atoms with E-state index < -0.39 is 10.0 Å². The number of nitrogens with zero attached hydrogens (tertiary/aromatic N) is 1. The van der Waals surface area contributed by atoms with Gasteiger partial charge in [-0.25, -0.2) is 12.7 Å². The summed E-state index contributed by atoms with van der Waals surface area (Å²) in [5.74, 6) is 0. The van der Waals surface area contributed by atoms with Crippen LogP contribution in [0.3, 0.4) is 0 Å². The summed E-state index contributed by atoms with van der Waals surface area (Å²) in [5, 5.41) is 3.19. The van der Waals surface area contributed by atoms with Gasteiger partial charge in [0.1, 0.15) is 0 Å². The molecule has 0 aliphatic rings. The second-order valence-corrected chi connectivity index (χ2v) is 6.94. The smallest absolute Gasteiger partial charge is 0.243 e. The molecule has 0 saturated heterocycles. The van der Waals surface area contributed by atoms with Crippen molar-refractivity contribution in [3.63, 3.8) is 0 Å². The van der Waals surface area contributed by atoms with Gasteiger partial charge in [-0.05, 0) is 24.6 Å². The van der Waals surface area contributed by atoms with Crippen LogP contribution < -0.4 is 5.32 Å². The van der Waals surface area contributed by atoms with Crippen molar-refractivity contribution in [2.45, 2.75) is 44.6 Å². The molecule has 0 saturated carbocycles. The van der Waals surface area contributed by atoms with Crippen molar-refractivity contribution >= 4 is 10.0 Å². The van der Waals surface area contributed by atoms with Gasteiger partial charge in [0.2, 0.25) is 10.0 Å². The van der Waals surface area contributed by atoms with Gasteiger partial charge in [0.05, 0.1) is 4.90 Å². The molecule has 1 N–H and O–H groups in total. The van der Waals surface area contributed by atoms with Crippen molar-refractivity contribution in [1.82, 2.24) is 9.62 Å². The zero-order valence-corrected chi connectivity index (χ0v) is 13.5. The Bertz CT molecular complexity index is 500. The lowest BCUT2D eigenvalue weighted by atomic mass is 10.2. The molecular weight excluding hydrogens is 272 g/mol. The van der Waals surface area contributed by atoms with Crippen LogP contribution in [0.1, 0.15) is 38.7 Å². The molecule has 0 unspecified atom stereocenters. The molecule has 0 heterocycles. The first-order valence-corrected chi connectivity index (χ1v) is 8.73. The summed E-state index contributed by atoms with van der Waals surface area (Å²) >= 11 is 0. The summed E-state index contributed by atoms with van der Waals surface area (Å²) in [6.45, 7) is 6.09. The number of hydrogen-bond acceptors (Lipinski definition) is 3. The van der Waals surface area contributed by atoms with Crippen LogP contribution in [0.25, 0.3) is 0 Å². The van der Waals surface area contributed by atoms with Gasteiger partial charge < -0.3 is 5.32 Å². The van der Waals surface area contributed by atoms with Crippen LogP contribution in [0.15, 0.2) is 29.2 Å². The SMILES string of the molecule is CCCCCN(C)S(=O)(=O)c1ccccc1CNCC. The summed E-state index contributed by atoms with van der Waals surface area (Å²) in [6.07, 6.45) is 3.05. The van der Waals surface area contributed by atoms with Crippen LogP contribution in [-0.4, -0.2) is 32.9 Å². The largest absolute Gasteiger partial charge is 0.313 e. The Morgan fingerprint density at radius 2 is 1.85 bits per heavy atom. The second-order valence-electron chi connectivity index (χ2n) is 4.92. The maximum Gasteiger partial charge on any atom is 0.243 e. The average molecular weight is 298 g/mol. The zero-order chi connectivity index (χ0) is 15.0. The molecule has 114 valence electrons. The van der Waals surface area contributed by atoms with Crippen LogP contribution in [0.5, 0.6) is 0 Å². The van der Waals surface area contributed by atoms with E-state index in [9.17, 15) is 8.42 Å². The highest BCUT2D eigenvalue weighted by molar-refractivity contribution is 7.89. The number of sulfonamides is 1. The molecule has 1 aromatic rings. The predicted molar refractivity (Wildman–Crippen MR) is 83.2 cm³/mol. The lowest BCUT2D eigenvalue weighted by molar-refractivity contribution is 0.453. The third-order valence-corrected chi connectivity index (χ3v) is 5.26. The molecule has 0 aliphatic heterocycles. The molecule has 1 rings (SSSR count). The van der Waals surface area contributed by atoms with Crippen LogP contribution in [0.4, 0.5) is 0 Å². The van der Waals surface area contributed by atoms with Gasteiger partial charge in [-0.1, -0.05) is 44.9 Å². The van der Waals surface area contributed by atoms with E-state index in [0.717, 1.165) is 31.4 Å². The van der Waals surface area contributed by atoms with Crippen molar-refractivity contribution in [2.75, 3.05) is 20.1 Å². The number of rotatable bonds is 9. The fourth-order valence-electron chi connectivity index (χ4n) is 2.03. The van der Waals surface area contributed by atoms with E-state index >= 15 is 0 Å². The molecule has 0 amide bonds. The molecule has 5 heteroatoms. The highest BCUT2D eigenvalue weighted by atomic mass is 32.2. The number of nitrogens with one attached hydrogen (secondary N) is 1. The van der Waals surface area contributed by atoms with Crippen molar-refractivity contribution in [3.05, 3.63) is 29.8 Å². The molecule has 1 aromatic carbocycles. The topological polar surface area (TPSA) is 49.4 Å². The van der Waals surface area contributed by atoms with E-state index in [1.807, 2.05) is 19.1 Å². The molecule has 0 fully saturated rings. The molecule has 20 heavy (non-hydrogen) atoms. The van der Waals surface area contributed by atoms with Gasteiger partial charge >= 0.3 is 0 Å². The van der Waals surface area contributed by atoms with Crippen molar-refractivity contribution < 1.29 is 8.42 Å². The monoisotopic (exact) mass is 298 g/mol. The first-order valence-electron chi connectivity index (χ1n) is 7.29. The van der Waals surface area contributed by atoms with Gasteiger partial charge in [0, 0.05) is 20.1 Å². The second kappa shape index (κ2) is 8.39. The molecule has 0 aliphatic carbocycles. The molecule has 0 spiro atoms. The Hall–Kier alpha value is -0.910. The molecule has 0 bridgehead atoms. The summed E-state index contributed by atoms with van der Waals surface area (Å²) in [4.78, 5) is 0.417. The highest BCUT2D eigenvalue weighted by Crippen LogP contribution is 2.19. The van der Waals surface area contributed by atoms with Gasteiger partial charge in [-0.15, -0.1) is 0 Å². The Labute approximate surface area is 123 Å². The van der Waals surface area contributed by atoms with E-state index in [1.165, 1.54) is 4.31 Å².